The first-order valence-corrected chi connectivity index (χ1v) is 5.44. The second-order valence-corrected chi connectivity index (χ2v) is 4.41. The molecule has 0 saturated heterocycles. The van der Waals surface area contributed by atoms with E-state index in [1.165, 1.54) is 30.4 Å². The first-order valence-electron chi connectivity index (χ1n) is 4.52. The van der Waals surface area contributed by atoms with Crippen LogP contribution in [0.4, 0.5) is 0 Å². The molecule has 0 saturated carbocycles. The van der Waals surface area contributed by atoms with Crippen molar-refractivity contribution in [2.75, 3.05) is 0 Å². The van der Waals surface area contributed by atoms with E-state index in [1.807, 2.05) is 6.07 Å². The summed E-state index contributed by atoms with van der Waals surface area (Å²) in [5, 5.41) is 0. The standard InChI is InChI=1S/C11H11BrO/c12-11(7-13)10-5-4-8-2-1-3-9(8)6-10/h4-7,11H,1-3H2. The Balaban J connectivity index is 2.35. The number of hydrogen-bond donors (Lipinski definition) is 0. The first-order chi connectivity index (χ1) is 6.31. The Hall–Kier alpha value is -0.630. The van der Waals surface area contributed by atoms with E-state index in [-0.39, 0.29) is 4.83 Å². The van der Waals surface area contributed by atoms with Crippen LogP contribution in [0.5, 0.6) is 0 Å². The van der Waals surface area contributed by atoms with Crippen LogP contribution in [0.3, 0.4) is 0 Å². The highest BCUT2D eigenvalue weighted by molar-refractivity contribution is 9.09. The van der Waals surface area contributed by atoms with E-state index >= 15 is 0 Å². The third-order valence-electron chi connectivity index (χ3n) is 2.56. The molecule has 0 fully saturated rings. The predicted molar refractivity (Wildman–Crippen MR) is 56.2 cm³/mol. The van der Waals surface area contributed by atoms with Crippen molar-refractivity contribution >= 4 is 22.2 Å². The number of aryl methyl sites for hydroxylation is 2. The lowest BCUT2D eigenvalue weighted by Crippen LogP contribution is -1.92. The SMILES string of the molecule is O=CC(Br)c1ccc2c(c1)CCC2. The molecule has 1 aromatic carbocycles. The third-order valence-corrected chi connectivity index (χ3v) is 3.30. The van der Waals surface area contributed by atoms with Crippen LogP contribution in [0.15, 0.2) is 18.2 Å². The number of hydrogen-bond acceptors (Lipinski definition) is 1. The van der Waals surface area contributed by atoms with Gasteiger partial charge in [0.15, 0.2) is 0 Å². The van der Waals surface area contributed by atoms with Crippen molar-refractivity contribution in [3.63, 3.8) is 0 Å². The molecule has 0 aliphatic heterocycles. The Morgan fingerprint density at radius 1 is 1.31 bits per heavy atom. The Labute approximate surface area is 86.3 Å². The van der Waals surface area contributed by atoms with E-state index in [2.05, 4.69) is 28.1 Å². The maximum atomic E-state index is 10.6. The van der Waals surface area contributed by atoms with Gasteiger partial charge in [0.1, 0.15) is 6.29 Å². The van der Waals surface area contributed by atoms with Gasteiger partial charge in [-0.1, -0.05) is 34.1 Å². The number of benzene rings is 1. The Kier molecular flexibility index (Phi) is 2.49. The molecule has 0 spiro atoms. The summed E-state index contributed by atoms with van der Waals surface area (Å²) in [4.78, 5) is 10.4. The second-order valence-electron chi connectivity index (χ2n) is 3.42. The third kappa shape index (κ3) is 1.68. The van der Waals surface area contributed by atoms with Crippen molar-refractivity contribution in [3.05, 3.63) is 34.9 Å². The Morgan fingerprint density at radius 2 is 2.08 bits per heavy atom. The summed E-state index contributed by atoms with van der Waals surface area (Å²) in [7, 11) is 0. The molecule has 1 aliphatic carbocycles. The van der Waals surface area contributed by atoms with Crippen molar-refractivity contribution in [3.8, 4) is 0 Å². The highest BCUT2D eigenvalue weighted by Gasteiger charge is 2.13. The fraction of sp³-hybridized carbons (Fsp3) is 0.364. The molecule has 1 unspecified atom stereocenters. The number of halogens is 1. The van der Waals surface area contributed by atoms with E-state index in [4.69, 9.17) is 0 Å². The number of rotatable bonds is 2. The zero-order valence-electron chi connectivity index (χ0n) is 7.29. The van der Waals surface area contributed by atoms with Crippen molar-refractivity contribution < 1.29 is 4.79 Å². The van der Waals surface area contributed by atoms with E-state index in [0.717, 1.165) is 11.8 Å². The van der Waals surface area contributed by atoms with Crippen LogP contribution in [0, 0.1) is 0 Å². The summed E-state index contributed by atoms with van der Waals surface area (Å²) in [5.41, 5.74) is 3.95. The van der Waals surface area contributed by atoms with Crippen LogP contribution >= 0.6 is 15.9 Å². The van der Waals surface area contributed by atoms with E-state index in [9.17, 15) is 4.79 Å². The molecule has 2 heteroatoms. The molecule has 68 valence electrons. The molecule has 0 radical (unpaired) electrons. The Morgan fingerprint density at radius 3 is 2.85 bits per heavy atom. The van der Waals surface area contributed by atoms with Crippen LogP contribution in [0.25, 0.3) is 0 Å². The van der Waals surface area contributed by atoms with Gasteiger partial charge < -0.3 is 4.79 Å². The first kappa shape index (κ1) is 8.95. The maximum Gasteiger partial charge on any atom is 0.138 e. The normalized spacial score (nSPS) is 16.7. The minimum atomic E-state index is -0.140. The maximum absolute atomic E-state index is 10.6. The average Bonchev–Trinajstić information content (AvgIpc) is 2.63. The van der Waals surface area contributed by atoms with E-state index in [0.29, 0.717) is 0 Å². The molecular weight excluding hydrogens is 228 g/mol. The zero-order valence-corrected chi connectivity index (χ0v) is 8.88. The minimum absolute atomic E-state index is 0.140. The summed E-state index contributed by atoms with van der Waals surface area (Å²) in [6, 6.07) is 6.34. The summed E-state index contributed by atoms with van der Waals surface area (Å²) in [6.45, 7) is 0. The number of fused-ring (bicyclic) bond motifs is 1. The molecule has 1 atom stereocenters. The van der Waals surface area contributed by atoms with Crippen LogP contribution in [0.2, 0.25) is 0 Å². The topological polar surface area (TPSA) is 17.1 Å². The van der Waals surface area contributed by atoms with E-state index < -0.39 is 0 Å². The largest absolute Gasteiger partial charge is 0.302 e. The van der Waals surface area contributed by atoms with Gasteiger partial charge in [-0.25, -0.2) is 0 Å². The molecule has 0 N–H and O–H groups in total. The second kappa shape index (κ2) is 3.62. The lowest BCUT2D eigenvalue weighted by atomic mass is 10.1. The summed E-state index contributed by atoms with van der Waals surface area (Å²) in [5.74, 6) is 0. The van der Waals surface area contributed by atoms with Gasteiger partial charge in [-0.2, -0.15) is 0 Å². The van der Waals surface area contributed by atoms with Crippen LogP contribution < -0.4 is 0 Å². The van der Waals surface area contributed by atoms with Gasteiger partial charge in [-0.15, -0.1) is 0 Å². The molecular formula is C11H11BrO. The summed E-state index contributed by atoms with van der Waals surface area (Å²) in [6.07, 6.45) is 4.55. The quantitative estimate of drug-likeness (QED) is 0.572. The Bertz CT molecular complexity index is 333. The summed E-state index contributed by atoms with van der Waals surface area (Å²) < 4.78 is 0. The van der Waals surface area contributed by atoms with Crippen molar-refractivity contribution in [2.45, 2.75) is 24.1 Å². The van der Waals surface area contributed by atoms with Gasteiger partial charge in [-0.05, 0) is 36.0 Å². The van der Waals surface area contributed by atoms with Crippen molar-refractivity contribution in [2.24, 2.45) is 0 Å². The van der Waals surface area contributed by atoms with Gasteiger partial charge in [0.25, 0.3) is 0 Å². The lowest BCUT2D eigenvalue weighted by molar-refractivity contribution is -0.107. The van der Waals surface area contributed by atoms with Crippen molar-refractivity contribution in [1.82, 2.24) is 0 Å². The van der Waals surface area contributed by atoms with Crippen LogP contribution in [0.1, 0.15) is 27.9 Å². The van der Waals surface area contributed by atoms with Crippen LogP contribution in [-0.2, 0) is 17.6 Å². The smallest absolute Gasteiger partial charge is 0.138 e. The van der Waals surface area contributed by atoms with Gasteiger partial charge in [-0.3, -0.25) is 0 Å². The van der Waals surface area contributed by atoms with Crippen molar-refractivity contribution in [1.29, 1.82) is 0 Å². The molecule has 1 aromatic rings. The molecule has 13 heavy (non-hydrogen) atoms. The molecule has 0 heterocycles. The highest BCUT2D eigenvalue weighted by atomic mass is 79.9. The number of aldehydes is 1. The molecule has 2 rings (SSSR count). The minimum Gasteiger partial charge on any atom is -0.302 e. The van der Waals surface area contributed by atoms with Crippen LogP contribution in [-0.4, -0.2) is 6.29 Å². The number of alkyl halides is 1. The monoisotopic (exact) mass is 238 g/mol. The molecule has 0 aromatic heterocycles. The molecule has 0 bridgehead atoms. The molecule has 1 nitrogen and oxygen atoms in total. The fourth-order valence-electron chi connectivity index (χ4n) is 1.84. The predicted octanol–water partition coefficient (Wildman–Crippen LogP) is 2.81. The molecule has 0 amide bonds. The number of carbonyl (C=O) groups excluding carboxylic acids is 1. The van der Waals surface area contributed by atoms with Gasteiger partial charge in [0, 0.05) is 0 Å². The van der Waals surface area contributed by atoms with Gasteiger partial charge in [0.05, 0.1) is 4.83 Å². The lowest BCUT2D eigenvalue weighted by Gasteiger charge is -2.05. The van der Waals surface area contributed by atoms with Gasteiger partial charge >= 0.3 is 0 Å². The number of carbonyl (C=O) groups is 1. The fourth-order valence-corrected chi connectivity index (χ4v) is 2.13. The molecule has 1 aliphatic rings. The highest BCUT2D eigenvalue weighted by Crippen LogP contribution is 2.27. The van der Waals surface area contributed by atoms with E-state index in [1.54, 1.807) is 0 Å². The average molecular weight is 239 g/mol. The zero-order chi connectivity index (χ0) is 9.26. The summed E-state index contributed by atoms with van der Waals surface area (Å²) >= 11 is 3.33. The van der Waals surface area contributed by atoms with Gasteiger partial charge in [0.2, 0.25) is 0 Å².